The van der Waals surface area contributed by atoms with Crippen molar-refractivity contribution < 1.29 is 9.59 Å². The van der Waals surface area contributed by atoms with Crippen molar-refractivity contribution in [1.82, 2.24) is 20.0 Å². The number of carbonyl (C=O) groups is 2. The van der Waals surface area contributed by atoms with Crippen LogP contribution in [0.5, 0.6) is 0 Å². The van der Waals surface area contributed by atoms with Crippen LogP contribution in [-0.4, -0.2) is 79.0 Å². The molecule has 2 aliphatic rings. The van der Waals surface area contributed by atoms with Crippen LogP contribution in [-0.2, 0) is 4.79 Å². The SMILES string of the molecule is C[C@H]1CN(C)CCN1C(=O)NCCCN1CCCC1=O. The molecule has 2 saturated heterocycles. The van der Waals surface area contributed by atoms with Crippen LogP contribution in [0, 0.1) is 0 Å². The molecule has 20 heavy (non-hydrogen) atoms. The van der Waals surface area contributed by atoms with Crippen LogP contribution in [0.25, 0.3) is 0 Å². The van der Waals surface area contributed by atoms with Gasteiger partial charge >= 0.3 is 6.03 Å². The Bertz CT molecular complexity index is 361. The number of carbonyl (C=O) groups excluding carboxylic acids is 2. The Labute approximate surface area is 121 Å². The van der Waals surface area contributed by atoms with Gasteiger partial charge in [0.05, 0.1) is 0 Å². The van der Waals surface area contributed by atoms with E-state index in [4.69, 9.17) is 0 Å². The zero-order chi connectivity index (χ0) is 14.5. The Morgan fingerprint density at radius 1 is 1.35 bits per heavy atom. The van der Waals surface area contributed by atoms with Gasteiger partial charge < -0.3 is 20.0 Å². The first-order chi connectivity index (χ1) is 9.58. The van der Waals surface area contributed by atoms with E-state index in [9.17, 15) is 9.59 Å². The summed E-state index contributed by atoms with van der Waals surface area (Å²) in [5.41, 5.74) is 0. The molecule has 0 aromatic heterocycles. The molecule has 0 spiro atoms. The number of likely N-dealkylation sites (tertiary alicyclic amines) is 1. The molecule has 114 valence electrons. The highest BCUT2D eigenvalue weighted by Gasteiger charge is 2.25. The topological polar surface area (TPSA) is 55.9 Å². The molecule has 6 nitrogen and oxygen atoms in total. The van der Waals surface area contributed by atoms with Gasteiger partial charge in [0, 0.05) is 51.7 Å². The van der Waals surface area contributed by atoms with E-state index in [1.165, 1.54) is 0 Å². The van der Waals surface area contributed by atoms with Gasteiger partial charge in [-0.15, -0.1) is 0 Å². The largest absolute Gasteiger partial charge is 0.343 e. The van der Waals surface area contributed by atoms with Gasteiger partial charge in [-0.3, -0.25) is 4.79 Å². The number of nitrogens with one attached hydrogen (secondary N) is 1. The van der Waals surface area contributed by atoms with Gasteiger partial charge in [-0.05, 0) is 26.8 Å². The molecule has 0 aromatic rings. The molecule has 2 heterocycles. The zero-order valence-corrected chi connectivity index (χ0v) is 12.6. The molecule has 2 aliphatic heterocycles. The summed E-state index contributed by atoms with van der Waals surface area (Å²) >= 11 is 0. The summed E-state index contributed by atoms with van der Waals surface area (Å²) in [6.45, 7) is 7.00. The second-order valence-electron chi connectivity index (χ2n) is 5.87. The van der Waals surface area contributed by atoms with Crippen molar-refractivity contribution in [2.45, 2.75) is 32.2 Å². The monoisotopic (exact) mass is 282 g/mol. The number of hydrogen-bond donors (Lipinski definition) is 1. The Kier molecular flexibility index (Phi) is 5.23. The van der Waals surface area contributed by atoms with Crippen molar-refractivity contribution in [1.29, 1.82) is 0 Å². The number of amides is 3. The first-order valence-corrected chi connectivity index (χ1v) is 7.58. The third-order valence-corrected chi connectivity index (χ3v) is 4.14. The number of hydrogen-bond acceptors (Lipinski definition) is 3. The van der Waals surface area contributed by atoms with Crippen molar-refractivity contribution in [3.63, 3.8) is 0 Å². The van der Waals surface area contributed by atoms with E-state index < -0.39 is 0 Å². The summed E-state index contributed by atoms with van der Waals surface area (Å²) in [5.74, 6) is 0.254. The molecule has 2 fully saturated rings. The summed E-state index contributed by atoms with van der Waals surface area (Å²) in [6, 6.07) is 0.284. The highest BCUT2D eigenvalue weighted by Crippen LogP contribution is 2.10. The average molecular weight is 282 g/mol. The maximum Gasteiger partial charge on any atom is 0.317 e. The molecule has 2 rings (SSSR count). The molecule has 0 aliphatic carbocycles. The molecule has 0 unspecified atom stereocenters. The fourth-order valence-electron chi connectivity index (χ4n) is 2.95. The first-order valence-electron chi connectivity index (χ1n) is 7.58. The van der Waals surface area contributed by atoms with Crippen molar-refractivity contribution in [2.24, 2.45) is 0 Å². The lowest BCUT2D eigenvalue weighted by atomic mass is 10.2. The highest BCUT2D eigenvalue weighted by atomic mass is 16.2. The summed E-state index contributed by atoms with van der Waals surface area (Å²) < 4.78 is 0. The van der Waals surface area contributed by atoms with E-state index in [0.29, 0.717) is 13.0 Å². The Balaban J connectivity index is 1.63. The van der Waals surface area contributed by atoms with Crippen LogP contribution in [0.4, 0.5) is 4.79 Å². The lowest BCUT2D eigenvalue weighted by molar-refractivity contribution is -0.127. The summed E-state index contributed by atoms with van der Waals surface area (Å²) in [6.07, 6.45) is 2.49. The molecule has 6 heteroatoms. The molecule has 1 N–H and O–H groups in total. The summed E-state index contributed by atoms with van der Waals surface area (Å²) in [5, 5.41) is 2.97. The van der Waals surface area contributed by atoms with Gasteiger partial charge in [0.25, 0.3) is 0 Å². The minimum atomic E-state index is 0.0262. The molecule has 0 radical (unpaired) electrons. The van der Waals surface area contributed by atoms with Gasteiger partial charge in [-0.2, -0.15) is 0 Å². The number of rotatable bonds is 4. The lowest BCUT2D eigenvalue weighted by Gasteiger charge is -2.38. The van der Waals surface area contributed by atoms with E-state index in [1.807, 2.05) is 9.80 Å². The Morgan fingerprint density at radius 3 is 2.80 bits per heavy atom. The summed E-state index contributed by atoms with van der Waals surface area (Å²) in [4.78, 5) is 29.6. The van der Waals surface area contributed by atoms with Gasteiger partial charge in [0.1, 0.15) is 0 Å². The molecular weight excluding hydrogens is 256 g/mol. The van der Waals surface area contributed by atoms with Gasteiger partial charge in [-0.1, -0.05) is 0 Å². The van der Waals surface area contributed by atoms with Crippen LogP contribution in [0.2, 0.25) is 0 Å². The second kappa shape index (κ2) is 6.92. The van der Waals surface area contributed by atoms with E-state index in [1.54, 1.807) is 0 Å². The van der Waals surface area contributed by atoms with Crippen LogP contribution >= 0.6 is 0 Å². The maximum atomic E-state index is 12.1. The molecular formula is C14H26N4O2. The molecule has 1 atom stereocenters. The van der Waals surface area contributed by atoms with Crippen LogP contribution < -0.4 is 5.32 Å². The Hall–Kier alpha value is -1.30. The van der Waals surface area contributed by atoms with Crippen molar-refractivity contribution in [2.75, 3.05) is 46.3 Å². The molecule has 0 saturated carbocycles. The third-order valence-electron chi connectivity index (χ3n) is 4.14. The van der Waals surface area contributed by atoms with Crippen LogP contribution in [0.3, 0.4) is 0 Å². The third kappa shape index (κ3) is 3.85. The van der Waals surface area contributed by atoms with Crippen molar-refractivity contribution in [3.8, 4) is 0 Å². The quantitative estimate of drug-likeness (QED) is 0.757. The van der Waals surface area contributed by atoms with Gasteiger partial charge in [-0.25, -0.2) is 4.79 Å². The Morgan fingerprint density at radius 2 is 2.15 bits per heavy atom. The number of piperazine rings is 1. The fraction of sp³-hybridized carbons (Fsp3) is 0.857. The number of nitrogens with zero attached hydrogens (tertiary/aromatic N) is 3. The van der Waals surface area contributed by atoms with E-state index in [0.717, 1.165) is 45.6 Å². The minimum absolute atomic E-state index is 0.0262. The van der Waals surface area contributed by atoms with E-state index >= 15 is 0 Å². The summed E-state index contributed by atoms with van der Waals surface area (Å²) in [7, 11) is 2.08. The fourth-order valence-corrected chi connectivity index (χ4v) is 2.95. The van der Waals surface area contributed by atoms with E-state index in [-0.39, 0.29) is 18.0 Å². The highest BCUT2D eigenvalue weighted by molar-refractivity contribution is 5.78. The first kappa shape index (κ1) is 15.1. The van der Waals surface area contributed by atoms with Crippen LogP contribution in [0.15, 0.2) is 0 Å². The van der Waals surface area contributed by atoms with Gasteiger partial charge in [0.15, 0.2) is 0 Å². The number of urea groups is 1. The molecule has 0 aromatic carbocycles. The van der Waals surface area contributed by atoms with Gasteiger partial charge in [0.2, 0.25) is 5.91 Å². The maximum absolute atomic E-state index is 12.1. The molecule has 3 amide bonds. The zero-order valence-electron chi connectivity index (χ0n) is 12.6. The number of likely N-dealkylation sites (N-methyl/N-ethyl adjacent to an activating group) is 1. The minimum Gasteiger partial charge on any atom is -0.343 e. The predicted molar refractivity (Wildman–Crippen MR) is 77.5 cm³/mol. The standard InChI is InChI=1S/C14H26N4O2/c1-12-11-16(2)9-10-18(12)14(20)15-6-4-8-17-7-3-5-13(17)19/h12H,3-11H2,1-2H3,(H,15,20)/t12-/m0/s1. The van der Waals surface area contributed by atoms with E-state index in [2.05, 4.69) is 24.2 Å². The average Bonchev–Trinajstić information content (AvgIpc) is 2.80. The predicted octanol–water partition coefficient (Wildman–Crippen LogP) is 0.344. The smallest absolute Gasteiger partial charge is 0.317 e. The molecule has 0 bridgehead atoms. The normalized spacial score (nSPS) is 24.3. The second-order valence-corrected chi connectivity index (χ2v) is 5.87. The van der Waals surface area contributed by atoms with Crippen molar-refractivity contribution >= 4 is 11.9 Å². The lowest BCUT2D eigenvalue weighted by Crippen LogP contribution is -2.55. The van der Waals surface area contributed by atoms with Crippen molar-refractivity contribution in [3.05, 3.63) is 0 Å². The van der Waals surface area contributed by atoms with Crippen LogP contribution in [0.1, 0.15) is 26.2 Å².